The van der Waals surface area contributed by atoms with Crippen LogP contribution in [0.3, 0.4) is 0 Å². The van der Waals surface area contributed by atoms with Crippen LogP contribution in [-0.4, -0.2) is 47.8 Å². The maximum absolute atomic E-state index is 13.0. The van der Waals surface area contributed by atoms with Gasteiger partial charge in [0.05, 0.1) is 12.1 Å². The van der Waals surface area contributed by atoms with E-state index in [0.717, 1.165) is 49.2 Å². The van der Waals surface area contributed by atoms with E-state index in [2.05, 4.69) is 10.2 Å². The summed E-state index contributed by atoms with van der Waals surface area (Å²) >= 11 is 0. The Kier molecular flexibility index (Phi) is 7.56. The Hall–Kier alpha value is -2.87. The second-order valence-corrected chi connectivity index (χ2v) is 9.11. The number of nitrogens with zero attached hydrogens (tertiary/aromatic N) is 2. The molecule has 2 aliphatic rings. The summed E-state index contributed by atoms with van der Waals surface area (Å²) in [6, 6.07) is 14.6. The SMILES string of the molecule is O=C(Nc1ccccc1)C1CCN(C(=O)CN2CCCCC2c2ccc(C(F)(F)F)cc2)CC1. The molecule has 0 radical (unpaired) electrons. The van der Waals surface area contributed by atoms with Gasteiger partial charge in [0.25, 0.3) is 0 Å². The van der Waals surface area contributed by atoms with E-state index in [1.807, 2.05) is 35.2 Å². The van der Waals surface area contributed by atoms with Crippen LogP contribution in [0.25, 0.3) is 0 Å². The molecular weight excluding hydrogens is 443 g/mol. The third kappa shape index (κ3) is 5.97. The van der Waals surface area contributed by atoms with Crippen molar-refractivity contribution in [2.75, 3.05) is 31.5 Å². The van der Waals surface area contributed by atoms with E-state index in [9.17, 15) is 22.8 Å². The van der Waals surface area contributed by atoms with Gasteiger partial charge in [0.2, 0.25) is 11.8 Å². The normalized spacial score (nSPS) is 20.2. The number of hydrogen-bond acceptors (Lipinski definition) is 3. The highest BCUT2D eigenvalue weighted by Crippen LogP contribution is 2.34. The molecule has 2 aliphatic heterocycles. The molecule has 0 bridgehead atoms. The number of carbonyl (C=O) groups is 2. The number of amides is 2. The van der Waals surface area contributed by atoms with Gasteiger partial charge in [-0.05, 0) is 62.1 Å². The molecule has 0 aromatic heterocycles. The van der Waals surface area contributed by atoms with Gasteiger partial charge in [0.15, 0.2) is 0 Å². The van der Waals surface area contributed by atoms with E-state index >= 15 is 0 Å². The molecule has 2 fully saturated rings. The summed E-state index contributed by atoms with van der Waals surface area (Å²) in [4.78, 5) is 29.5. The largest absolute Gasteiger partial charge is 0.416 e. The van der Waals surface area contributed by atoms with Gasteiger partial charge in [-0.25, -0.2) is 0 Å². The number of halogens is 3. The van der Waals surface area contributed by atoms with Crippen molar-refractivity contribution in [3.8, 4) is 0 Å². The van der Waals surface area contributed by atoms with Crippen LogP contribution < -0.4 is 5.32 Å². The van der Waals surface area contributed by atoms with Crippen molar-refractivity contribution in [2.24, 2.45) is 5.92 Å². The summed E-state index contributed by atoms with van der Waals surface area (Å²) in [5.74, 6) is -0.128. The van der Waals surface area contributed by atoms with Gasteiger partial charge in [-0.2, -0.15) is 13.2 Å². The van der Waals surface area contributed by atoms with Crippen molar-refractivity contribution in [2.45, 2.75) is 44.3 Å². The molecule has 2 aromatic carbocycles. The summed E-state index contributed by atoms with van der Waals surface area (Å²) in [7, 11) is 0. The fraction of sp³-hybridized carbons (Fsp3) is 0.462. The highest BCUT2D eigenvalue weighted by Gasteiger charge is 2.33. The number of nitrogens with one attached hydrogen (secondary N) is 1. The molecule has 0 saturated carbocycles. The van der Waals surface area contributed by atoms with Gasteiger partial charge in [0.1, 0.15) is 0 Å². The van der Waals surface area contributed by atoms with Crippen LogP contribution >= 0.6 is 0 Å². The van der Waals surface area contributed by atoms with Crippen molar-refractivity contribution in [1.29, 1.82) is 0 Å². The first-order valence-electron chi connectivity index (χ1n) is 11.9. The predicted molar refractivity (Wildman–Crippen MR) is 124 cm³/mol. The zero-order chi connectivity index (χ0) is 24.1. The summed E-state index contributed by atoms with van der Waals surface area (Å²) < 4.78 is 38.8. The number of likely N-dealkylation sites (tertiary alicyclic amines) is 2. The van der Waals surface area contributed by atoms with Crippen LogP contribution in [0.5, 0.6) is 0 Å². The molecule has 182 valence electrons. The molecule has 2 aromatic rings. The molecular formula is C26H30F3N3O2. The van der Waals surface area contributed by atoms with E-state index in [-0.39, 0.29) is 30.3 Å². The number of para-hydroxylation sites is 1. The fourth-order valence-electron chi connectivity index (χ4n) is 4.88. The Bertz CT molecular complexity index is 971. The van der Waals surface area contributed by atoms with Crippen LogP contribution in [0, 0.1) is 5.92 Å². The van der Waals surface area contributed by atoms with Crippen LogP contribution in [0.4, 0.5) is 18.9 Å². The van der Waals surface area contributed by atoms with Crippen molar-refractivity contribution < 1.29 is 22.8 Å². The average Bonchev–Trinajstić information content (AvgIpc) is 2.84. The summed E-state index contributed by atoms with van der Waals surface area (Å²) in [5, 5.41) is 2.94. The molecule has 2 amide bonds. The molecule has 2 heterocycles. The quantitative estimate of drug-likeness (QED) is 0.657. The van der Waals surface area contributed by atoms with E-state index in [4.69, 9.17) is 0 Å². The average molecular weight is 474 g/mol. The molecule has 5 nitrogen and oxygen atoms in total. The smallest absolute Gasteiger partial charge is 0.342 e. The lowest BCUT2D eigenvalue weighted by Crippen LogP contribution is -2.47. The van der Waals surface area contributed by atoms with E-state index in [1.54, 1.807) is 0 Å². The van der Waals surface area contributed by atoms with Crippen LogP contribution in [0.1, 0.15) is 49.3 Å². The molecule has 1 atom stereocenters. The molecule has 4 rings (SSSR count). The molecule has 34 heavy (non-hydrogen) atoms. The van der Waals surface area contributed by atoms with Gasteiger partial charge in [-0.15, -0.1) is 0 Å². The number of alkyl halides is 3. The lowest BCUT2D eigenvalue weighted by Gasteiger charge is -2.38. The highest BCUT2D eigenvalue weighted by molar-refractivity contribution is 5.92. The second kappa shape index (κ2) is 10.6. The van der Waals surface area contributed by atoms with Crippen molar-refractivity contribution in [1.82, 2.24) is 9.80 Å². The van der Waals surface area contributed by atoms with E-state index < -0.39 is 11.7 Å². The Morgan fingerprint density at radius 1 is 0.882 bits per heavy atom. The minimum absolute atomic E-state index is 0.0146. The van der Waals surface area contributed by atoms with Crippen LogP contribution in [0.2, 0.25) is 0 Å². The summed E-state index contributed by atoms with van der Waals surface area (Å²) in [5.41, 5.74) is 0.927. The molecule has 8 heteroatoms. The lowest BCUT2D eigenvalue weighted by atomic mass is 9.94. The molecule has 1 N–H and O–H groups in total. The van der Waals surface area contributed by atoms with Gasteiger partial charge < -0.3 is 10.2 Å². The van der Waals surface area contributed by atoms with E-state index in [1.165, 1.54) is 12.1 Å². The number of anilines is 1. The van der Waals surface area contributed by atoms with Gasteiger partial charge in [-0.3, -0.25) is 14.5 Å². The molecule has 2 saturated heterocycles. The second-order valence-electron chi connectivity index (χ2n) is 9.11. The Labute approximate surface area is 197 Å². The number of benzene rings is 2. The van der Waals surface area contributed by atoms with Crippen LogP contribution in [-0.2, 0) is 15.8 Å². The Balaban J connectivity index is 1.31. The molecule has 0 aliphatic carbocycles. The molecule has 1 unspecified atom stereocenters. The highest BCUT2D eigenvalue weighted by atomic mass is 19.4. The molecule has 0 spiro atoms. The number of hydrogen-bond donors (Lipinski definition) is 1. The zero-order valence-corrected chi connectivity index (χ0v) is 19.1. The lowest BCUT2D eigenvalue weighted by molar-refractivity contribution is -0.137. The zero-order valence-electron chi connectivity index (χ0n) is 19.1. The minimum atomic E-state index is -4.36. The first kappa shape index (κ1) is 24.3. The first-order valence-corrected chi connectivity index (χ1v) is 11.9. The Morgan fingerprint density at radius 2 is 1.56 bits per heavy atom. The first-order chi connectivity index (χ1) is 16.3. The maximum atomic E-state index is 13.0. The van der Waals surface area contributed by atoms with Gasteiger partial charge >= 0.3 is 6.18 Å². The van der Waals surface area contributed by atoms with Gasteiger partial charge in [0, 0.05) is 30.7 Å². The maximum Gasteiger partial charge on any atom is 0.416 e. The van der Waals surface area contributed by atoms with Gasteiger partial charge in [-0.1, -0.05) is 36.8 Å². The third-order valence-corrected chi connectivity index (χ3v) is 6.83. The topological polar surface area (TPSA) is 52.7 Å². The van der Waals surface area contributed by atoms with Crippen LogP contribution in [0.15, 0.2) is 54.6 Å². The number of carbonyl (C=O) groups excluding carboxylic acids is 2. The predicted octanol–water partition coefficient (Wildman–Crippen LogP) is 5.11. The third-order valence-electron chi connectivity index (χ3n) is 6.83. The van der Waals surface area contributed by atoms with Crippen molar-refractivity contribution in [3.63, 3.8) is 0 Å². The number of piperidine rings is 2. The monoisotopic (exact) mass is 473 g/mol. The summed E-state index contributed by atoms with van der Waals surface area (Å²) in [6.45, 7) is 2.05. The van der Waals surface area contributed by atoms with E-state index in [0.29, 0.717) is 25.9 Å². The standard InChI is InChI=1S/C26H30F3N3O2/c27-26(28,29)21-11-9-19(10-12-21)23-8-4-5-15-32(23)18-24(33)31-16-13-20(14-17-31)25(34)30-22-6-2-1-3-7-22/h1-3,6-7,9-12,20,23H,4-5,8,13-18H2,(H,30,34). The van der Waals surface area contributed by atoms with Crippen molar-refractivity contribution >= 4 is 17.5 Å². The minimum Gasteiger partial charge on any atom is -0.342 e. The fourth-order valence-corrected chi connectivity index (χ4v) is 4.88. The number of rotatable bonds is 5. The Morgan fingerprint density at radius 3 is 2.21 bits per heavy atom. The summed E-state index contributed by atoms with van der Waals surface area (Å²) in [6.07, 6.45) is -0.352. The van der Waals surface area contributed by atoms with Crippen molar-refractivity contribution in [3.05, 3.63) is 65.7 Å².